The molecule has 128 valence electrons. The number of carbonyl (C=O) groups is 1. The van der Waals surface area contributed by atoms with Crippen molar-refractivity contribution in [3.05, 3.63) is 59.0 Å². The van der Waals surface area contributed by atoms with Crippen molar-refractivity contribution in [2.75, 3.05) is 33.3 Å². The second kappa shape index (κ2) is 7.64. The van der Waals surface area contributed by atoms with Crippen molar-refractivity contribution in [1.82, 2.24) is 9.80 Å². The summed E-state index contributed by atoms with van der Waals surface area (Å²) in [7, 11) is 1.37. The zero-order chi connectivity index (χ0) is 16.9. The number of nitrogens with zero attached hydrogens (tertiary/aromatic N) is 2. The van der Waals surface area contributed by atoms with Crippen molar-refractivity contribution < 1.29 is 13.9 Å². The third-order valence-electron chi connectivity index (χ3n) is 4.47. The monoisotopic (exact) mass is 328 g/mol. The lowest BCUT2D eigenvalue weighted by Gasteiger charge is -2.34. The maximum absolute atomic E-state index is 11.7. The highest BCUT2D eigenvalue weighted by molar-refractivity contribution is 5.87. The van der Waals surface area contributed by atoms with E-state index in [0.717, 1.165) is 44.8 Å². The second-order valence-electron chi connectivity index (χ2n) is 6.31. The predicted molar refractivity (Wildman–Crippen MR) is 91.8 cm³/mol. The van der Waals surface area contributed by atoms with Gasteiger partial charge in [-0.15, -0.1) is 0 Å². The molecule has 0 atom stereocenters. The molecule has 0 amide bonds. The molecule has 0 unspecified atom stereocenters. The summed E-state index contributed by atoms with van der Waals surface area (Å²) >= 11 is 0. The number of aryl methyl sites for hydroxylation is 1. The Balaban J connectivity index is 1.52. The first-order valence-electron chi connectivity index (χ1n) is 8.30. The Hall–Kier alpha value is -2.11. The molecular formula is C19H24N2O3. The van der Waals surface area contributed by atoms with Crippen LogP contribution in [0.3, 0.4) is 0 Å². The van der Waals surface area contributed by atoms with E-state index in [2.05, 4.69) is 41.0 Å². The Morgan fingerprint density at radius 3 is 2.50 bits per heavy atom. The number of hydrogen-bond acceptors (Lipinski definition) is 5. The van der Waals surface area contributed by atoms with Crippen LogP contribution in [0.2, 0.25) is 0 Å². The van der Waals surface area contributed by atoms with Crippen molar-refractivity contribution in [2.45, 2.75) is 20.0 Å². The van der Waals surface area contributed by atoms with Crippen LogP contribution in [0, 0.1) is 6.92 Å². The van der Waals surface area contributed by atoms with E-state index in [1.54, 1.807) is 6.26 Å². The highest BCUT2D eigenvalue weighted by Gasteiger charge is 2.21. The normalized spacial score (nSPS) is 16.2. The van der Waals surface area contributed by atoms with Crippen LogP contribution >= 0.6 is 0 Å². The molecule has 2 heterocycles. The van der Waals surface area contributed by atoms with Crippen LogP contribution in [0.25, 0.3) is 0 Å². The van der Waals surface area contributed by atoms with Gasteiger partial charge in [0.15, 0.2) is 0 Å². The first kappa shape index (κ1) is 16.7. The van der Waals surface area contributed by atoms with Gasteiger partial charge in [-0.25, -0.2) is 4.79 Å². The smallest absolute Gasteiger partial charge is 0.374 e. The van der Waals surface area contributed by atoms with Gasteiger partial charge < -0.3 is 9.15 Å². The van der Waals surface area contributed by atoms with Gasteiger partial charge in [0.25, 0.3) is 0 Å². The van der Waals surface area contributed by atoms with Crippen molar-refractivity contribution in [3.63, 3.8) is 0 Å². The number of carbonyl (C=O) groups excluding carboxylic acids is 1. The standard InChI is InChI=1S/C19H24N2O3/c1-15-4-3-5-16(12-15)13-20-7-9-21(10-8-20)14-17-6-11-24-18(17)19(22)23-2/h3-6,11-12H,7-10,13-14H2,1-2H3. The van der Waals surface area contributed by atoms with Crippen molar-refractivity contribution in [1.29, 1.82) is 0 Å². The summed E-state index contributed by atoms with van der Waals surface area (Å²) in [5.41, 5.74) is 3.57. The maximum Gasteiger partial charge on any atom is 0.374 e. The van der Waals surface area contributed by atoms with Crippen LogP contribution in [0.1, 0.15) is 27.2 Å². The van der Waals surface area contributed by atoms with E-state index < -0.39 is 5.97 Å². The molecule has 0 bridgehead atoms. The number of piperazine rings is 1. The summed E-state index contributed by atoms with van der Waals surface area (Å²) in [5, 5.41) is 0. The van der Waals surface area contributed by atoms with Gasteiger partial charge in [0.2, 0.25) is 5.76 Å². The number of hydrogen-bond donors (Lipinski definition) is 0. The Bertz CT molecular complexity index is 687. The zero-order valence-corrected chi connectivity index (χ0v) is 14.3. The van der Waals surface area contributed by atoms with Crippen LogP contribution < -0.4 is 0 Å². The van der Waals surface area contributed by atoms with E-state index in [9.17, 15) is 4.79 Å². The van der Waals surface area contributed by atoms with Crippen LogP contribution in [-0.4, -0.2) is 49.1 Å². The molecule has 24 heavy (non-hydrogen) atoms. The highest BCUT2D eigenvalue weighted by atomic mass is 16.5. The average molecular weight is 328 g/mol. The zero-order valence-electron chi connectivity index (χ0n) is 14.3. The lowest BCUT2D eigenvalue weighted by atomic mass is 10.1. The molecule has 0 spiro atoms. The van der Waals surface area contributed by atoms with Crippen LogP contribution in [0.15, 0.2) is 41.0 Å². The van der Waals surface area contributed by atoms with Gasteiger partial charge in [-0.1, -0.05) is 29.8 Å². The van der Waals surface area contributed by atoms with Gasteiger partial charge in [-0.05, 0) is 18.6 Å². The molecule has 1 aromatic carbocycles. The SMILES string of the molecule is COC(=O)c1occc1CN1CCN(Cc2cccc(C)c2)CC1. The highest BCUT2D eigenvalue weighted by Crippen LogP contribution is 2.17. The molecule has 1 fully saturated rings. The molecule has 5 nitrogen and oxygen atoms in total. The van der Waals surface area contributed by atoms with Crippen molar-refractivity contribution in [3.8, 4) is 0 Å². The molecule has 0 radical (unpaired) electrons. The summed E-state index contributed by atoms with van der Waals surface area (Å²) in [6.45, 7) is 7.87. The third kappa shape index (κ3) is 4.04. The molecule has 3 rings (SSSR count). The molecule has 1 aliphatic heterocycles. The minimum atomic E-state index is -0.409. The van der Waals surface area contributed by atoms with Gasteiger partial charge in [-0.3, -0.25) is 9.80 Å². The summed E-state index contributed by atoms with van der Waals surface area (Å²) in [6, 6.07) is 10.5. The molecular weight excluding hydrogens is 304 g/mol. The van der Waals surface area contributed by atoms with Gasteiger partial charge in [0.05, 0.1) is 13.4 Å². The van der Waals surface area contributed by atoms with Crippen molar-refractivity contribution in [2.24, 2.45) is 0 Å². The fourth-order valence-corrected chi connectivity index (χ4v) is 3.15. The van der Waals surface area contributed by atoms with Gasteiger partial charge in [0, 0.05) is 44.8 Å². The minimum absolute atomic E-state index is 0.319. The van der Waals surface area contributed by atoms with Gasteiger partial charge in [-0.2, -0.15) is 0 Å². The number of rotatable bonds is 5. The van der Waals surface area contributed by atoms with E-state index in [-0.39, 0.29) is 0 Å². The van der Waals surface area contributed by atoms with Crippen LogP contribution in [0.5, 0.6) is 0 Å². The number of benzene rings is 1. The van der Waals surface area contributed by atoms with E-state index >= 15 is 0 Å². The number of esters is 1. The molecule has 1 aliphatic rings. The number of methoxy groups -OCH3 is 1. The Morgan fingerprint density at radius 2 is 1.83 bits per heavy atom. The molecule has 0 aliphatic carbocycles. The first-order valence-corrected chi connectivity index (χ1v) is 8.30. The van der Waals surface area contributed by atoms with Crippen LogP contribution in [-0.2, 0) is 17.8 Å². The molecule has 1 saturated heterocycles. The largest absolute Gasteiger partial charge is 0.463 e. The maximum atomic E-state index is 11.7. The Morgan fingerprint density at radius 1 is 1.12 bits per heavy atom. The Kier molecular flexibility index (Phi) is 5.33. The van der Waals surface area contributed by atoms with Crippen LogP contribution in [0.4, 0.5) is 0 Å². The van der Waals surface area contributed by atoms with E-state index in [4.69, 9.17) is 9.15 Å². The lowest BCUT2D eigenvalue weighted by molar-refractivity contribution is 0.0559. The number of furan rings is 1. The first-order chi connectivity index (χ1) is 11.7. The lowest BCUT2D eigenvalue weighted by Crippen LogP contribution is -2.45. The van der Waals surface area contributed by atoms with E-state index in [1.165, 1.54) is 18.2 Å². The number of ether oxygens (including phenoxy) is 1. The predicted octanol–water partition coefficient (Wildman–Crippen LogP) is 2.69. The van der Waals surface area contributed by atoms with E-state index in [1.807, 2.05) is 6.07 Å². The molecule has 0 saturated carbocycles. The molecule has 1 aromatic heterocycles. The van der Waals surface area contributed by atoms with Crippen molar-refractivity contribution >= 4 is 5.97 Å². The summed E-state index contributed by atoms with van der Waals surface area (Å²) in [4.78, 5) is 16.5. The summed E-state index contributed by atoms with van der Waals surface area (Å²) in [6.07, 6.45) is 1.55. The second-order valence-corrected chi connectivity index (χ2v) is 6.31. The fraction of sp³-hybridized carbons (Fsp3) is 0.421. The van der Waals surface area contributed by atoms with Gasteiger partial charge in [0.1, 0.15) is 0 Å². The fourth-order valence-electron chi connectivity index (χ4n) is 3.15. The quantitative estimate of drug-likeness (QED) is 0.790. The third-order valence-corrected chi connectivity index (χ3v) is 4.47. The average Bonchev–Trinajstić information content (AvgIpc) is 3.04. The minimum Gasteiger partial charge on any atom is -0.463 e. The molecule has 0 N–H and O–H groups in total. The molecule has 2 aromatic rings. The Labute approximate surface area is 142 Å². The van der Waals surface area contributed by atoms with E-state index in [0.29, 0.717) is 5.76 Å². The summed E-state index contributed by atoms with van der Waals surface area (Å²) < 4.78 is 10.0. The topological polar surface area (TPSA) is 45.9 Å². The van der Waals surface area contributed by atoms with Gasteiger partial charge >= 0.3 is 5.97 Å². The molecule has 5 heteroatoms. The summed E-state index contributed by atoms with van der Waals surface area (Å²) in [5.74, 6) is -0.0900.